The first-order chi connectivity index (χ1) is 12.3. The van der Waals surface area contributed by atoms with Gasteiger partial charge in [0.05, 0.1) is 12.5 Å². The van der Waals surface area contributed by atoms with Gasteiger partial charge in [-0.2, -0.15) is 0 Å². The molecule has 0 saturated heterocycles. The lowest BCUT2D eigenvalue weighted by Gasteiger charge is -2.20. The zero-order chi connectivity index (χ0) is 19.3. The number of carbonyl (C=O) groups excluding carboxylic acids is 2. The van der Waals surface area contributed by atoms with Crippen molar-refractivity contribution < 1.29 is 18.4 Å². The van der Waals surface area contributed by atoms with Gasteiger partial charge in [-0.1, -0.05) is 37.6 Å². The number of rotatable bonds is 6. The number of benzene rings is 2. The van der Waals surface area contributed by atoms with Crippen LogP contribution in [0.4, 0.5) is 14.5 Å². The van der Waals surface area contributed by atoms with Gasteiger partial charge in [-0.3, -0.25) is 9.59 Å². The summed E-state index contributed by atoms with van der Waals surface area (Å²) in [6.45, 7) is 3.52. The van der Waals surface area contributed by atoms with Gasteiger partial charge in [-0.05, 0) is 35.7 Å². The molecule has 2 aromatic carbocycles. The van der Waals surface area contributed by atoms with Gasteiger partial charge in [0.2, 0.25) is 11.8 Å². The third-order valence-corrected chi connectivity index (χ3v) is 4.06. The molecule has 0 aliphatic heterocycles. The molecule has 2 amide bonds. The average Bonchev–Trinajstić information content (AvgIpc) is 2.58. The Morgan fingerprint density at radius 2 is 1.69 bits per heavy atom. The summed E-state index contributed by atoms with van der Waals surface area (Å²) in [5, 5.41) is 5.55. The van der Waals surface area contributed by atoms with E-state index in [0.29, 0.717) is 5.02 Å². The number of hydrogen-bond acceptors (Lipinski definition) is 2. The van der Waals surface area contributed by atoms with E-state index in [-0.39, 0.29) is 24.1 Å². The Morgan fingerprint density at radius 1 is 1.04 bits per heavy atom. The monoisotopic (exact) mass is 380 g/mol. The topological polar surface area (TPSA) is 58.2 Å². The predicted octanol–water partition coefficient (Wildman–Crippen LogP) is 4.11. The van der Waals surface area contributed by atoms with E-state index in [1.165, 1.54) is 6.07 Å². The maximum absolute atomic E-state index is 13.1. The summed E-state index contributed by atoms with van der Waals surface area (Å²) in [5.74, 6) is -3.34. The van der Waals surface area contributed by atoms with Crippen molar-refractivity contribution >= 4 is 29.1 Å². The summed E-state index contributed by atoms with van der Waals surface area (Å²) in [7, 11) is 0. The van der Waals surface area contributed by atoms with Crippen LogP contribution in [0.5, 0.6) is 0 Å². The molecule has 0 unspecified atom stereocenters. The van der Waals surface area contributed by atoms with Gasteiger partial charge in [0, 0.05) is 16.8 Å². The number of anilines is 1. The van der Waals surface area contributed by atoms with Crippen molar-refractivity contribution in [2.75, 3.05) is 11.9 Å². The molecule has 1 atom stereocenters. The SMILES string of the molecule is CC(C)[C@H](C(=O)NCC(=O)Nc1ccc(F)c(F)c1)c1ccc(Cl)cc1. The van der Waals surface area contributed by atoms with Crippen LogP contribution in [-0.2, 0) is 9.59 Å². The average molecular weight is 381 g/mol. The molecule has 0 aliphatic rings. The number of hydrogen-bond donors (Lipinski definition) is 2. The quantitative estimate of drug-likeness (QED) is 0.792. The molecule has 0 saturated carbocycles. The molecule has 138 valence electrons. The van der Waals surface area contributed by atoms with E-state index in [2.05, 4.69) is 10.6 Å². The number of nitrogens with one attached hydrogen (secondary N) is 2. The van der Waals surface area contributed by atoms with Crippen LogP contribution >= 0.6 is 11.6 Å². The van der Waals surface area contributed by atoms with E-state index in [1.807, 2.05) is 13.8 Å². The van der Waals surface area contributed by atoms with Gasteiger partial charge in [0.15, 0.2) is 11.6 Å². The second-order valence-electron chi connectivity index (χ2n) is 6.17. The van der Waals surface area contributed by atoms with Gasteiger partial charge in [-0.15, -0.1) is 0 Å². The molecule has 2 rings (SSSR count). The van der Waals surface area contributed by atoms with Crippen molar-refractivity contribution in [1.82, 2.24) is 5.32 Å². The Kier molecular flexibility index (Phi) is 6.69. The zero-order valence-corrected chi connectivity index (χ0v) is 15.1. The van der Waals surface area contributed by atoms with Gasteiger partial charge < -0.3 is 10.6 Å². The minimum absolute atomic E-state index is 0.00503. The highest BCUT2D eigenvalue weighted by Crippen LogP contribution is 2.26. The highest BCUT2D eigenvalue weighted by molar-refractivity contribution is 6.30. The summed E-state index contributed by atoms with van der Waals surface area (Å²) in [6, 6.07) is 9.98. The Morgan fingerprint density at radius 3 is 2.27 bits per heavy atom. The zero-order valence-electron chi connectivity index (χ0n) is 14.4. The number of halogens is 3. The van der Waals surface area contributed by atoms with Crippen LogP contribution in [0.2, 0.25) is 5.02 Å². The first-order valence-corrected chi connectivity index (χ1v) is 8.44. The van der Waals surface area contributed by atoms with Crippen LogP contribution in [0, 0.1) is 17.6 Å². The van der Waals surface area contributed by atoms with Crippen molar-refractivity contribution in [2.24, 2.45) is 5.92 Å². The fourth-order valence-electron chi connectivity index (χ4n) is 2.57. The fraction of sp³-hybridized carbons (Fsp3) is 0.263. The van der Waals surface area contributed by atoms with E-state index in [0.717, 1.165) is 17.7 Å². The molecule has 7 heteroatoms. The van der Waals surface area contributed by atoms with Gasteiger partial charge >= 0.3 is 0 Å². The van der Waals surface area contributed by atoms with Gasteiger partial charge in [-0.25, -0.2) is 8.78 Å². The van der Waals surface area contributed by atoms with E-state index in [4.69, 9.17) is 11.6 Å². The van der Waals surface area contributed by atoms with Crippen molar-refractivity contribution in [3.05, 3.63) is 64.7 Å². The Labute approximate surface area is 155 Å². The van der Waals surface area contributed by atoms with Crippen LogP contribution in [0.1, 0.15) is 25.3 Å². The first-order valence-electron chi connectivity index (χ1n) is 8.06. The molecular weight excluding hydrogens is 362 g/mol. The maximum Gasteiger partial charge on any atom is 0.243 e. The van der Waals surface area contributed by atoms with Crippen LogP contribution in [-0.4, -0.2) is 18.4 Å². The molecule has 26 heavy (non-hydrogen) atoms. The van der Waals surface area contributed by atoms with Gasteiger partial charge in [0.25, 0.3) is 0 Å². The second kappa shape index (κ2) is 8.76. The molecule has 0 aliphatic carbocycles. The smallest absolute Gasteiger partial charge is 0.243 e. The summed E-state index contributed by atoms with van der Waals surface area (Å²) >= 11 is 5.87. The molecule has 0 spiro atoms. The molecule has 0 fully saturated rings. The molecular formula is C19H19ClF2N2O2. The molecule has 0 aromatic heterocycles. The summed E-state index contributed by atoms with van der Waals surface area (Å²) < 4.78 is 26.0. The number of amides is 2. The van der Waals surface area contributed by atoms with Crippen LogP contribution < -0.4 is 10.6 Å². The Balaban J connectivity index is 1.97. The van der Waals surface area contributed by atoms with Gasteiger partial charge in [0.1, 0.15) is 0 Å². The van der Waals surface area contributed by atoms with Crippen molar-refractivity contribution in [3.8, 4) is 0 Å². The third kappa shape index (κ3) is 5.26. The number of carbonyl (C=O) groups is 2. The highest BCUT2D eigenvalue weighted by atomic mass is 35.5. The largest absolute Gasteiger partial charge is 0.346 e. The Hall–Kier alpha value is -2.47. The van der Waals surface area contributed by atoms with E-state index in [1.54, 1.807) is 24.3 Å². The minimum Gasteiger partial charge on any atom is -0.346 e. The van der Waals surface area contributed by atoms with Crippen LogP contribution in [0.3, 0.4) is 0 Å². The van der Waals surface area contributed by atoms with Crippen LogP contribution in [0.15, 0.2) is 42.5 Å². The standard InChI is InChI=1S/C19H19ClF2N2O2/c1-11(2)18(12-3-5-13(20)6-4-12)19(26)23-10-17(25)24-14-7-8-15(21)16(22)9-14/h3-9,11,18H,10H2,1-2H3,(H,23,26)(H,24,25)/t18-/m0/s1. The fourth-order valence-corrected chi connectivity index (χ4v) is 2.69. The highest BCUT2D eigenvalue weighted by Gasteiger charge is 2.24. The van der Waals surface area contributed by atoms with Crippen LogP contribution in [0.25, 0.3) is 0 Å². The normalized spacial score (nSPS) is 11.9. The molecule has 0 bridgehead atoms. The summed E-state index contributed by atoms with van der Waals surface area (Å²) in [4.78, 5) is 24.4. The minimum atomic E-state index is -1.06. The third-order valence-electron chi connectivity index (χ3n) is 3.80. The van der Waals surface area contributed by atoms with E-state index < -0.39 is 23.5 Å². The molecule has 4 nitrogen and oxygen atoms in total. The maximum atomic E-state index is 13.1. The summed E-state index contributed by atoms with van der Waals surface area (Å²) in [5.41, 5.74) is 0.907. The predicted molar refractivity (Wildman–Crippen MR) is 97.0 cm³/mol. The summed E-state index contributed by atoms with van der Waals surface area (Å²) in [6.07, 6.45) is 0. The van der Waals surface area contributed by atoms with E-state index in [9.17, 15) is 18.4 Å². The molecule has 0 radical (unpaired) electrons. The van der Waals surface area contributed by atoms with Crippen molar-refractivity contribution in [1.29, 1.82) is 0 Å². The molecule has 2 N–H and O–H groups in total. The lowest BCUT2D eigenvalue weighted by molar-refractivity contribution is -0.126. The lowest BCUT2D eigenvalue weighted by atomic mass is 9.87. The molecule has 0 heterocycles. The molecule has 2 aromatic rings. The van der Waals surface area contributed by atoms with Crippen molar-refractivity contribution in [3.63, 3.8) is 0 Å². The second-order valence-corrected chi connectivity index (χ2v) is 6.60. The first kappa shape index (κ1) is 19.8. The van der Waals surface area contributed by atoms with Crippen molar-refractivity contribution in [2.45, 2.75) is 19.8 Å². The Bertz CT molecular complexity index is 795. The lowest BCUT2D eigenvalue weighted by Crippen LogP contribution is -2.37. The van der Waals surface area contributed by atoms with E-state index >= 15 is 0 Å².